The van der Waals surface area contributed by atoms with Crippen LogP contribution in [-0.2, 0) is 0 Å². The van der Waals surface area contributed by atoms with Gasteiger partial charge in [0, 0.05) is 0 Å². The van der Waals surface area contributed by atoms with Crippen molar-refractivity contribution in [1.29, 1.82) is 0 Å². The molecule has 0 bridgehead atoms. The van der Waals surface area contributed by atoms with Gasteiger partial charge in [-0.1, -0.05) is 62.3 Å². The van der Waals surface area contributed by atoms with Gasteiger partial charge in [-0.05, 0) is 84.4 Å². The second kappa shape index (κ2) is 8.74. The van der Waals surface area contributed by atoms with Crippen molar-refractivity contribution in [2.45, 2.75) is 100 Å². The highest BCUT2D eigenvalue weighted by atomic mass is 16.3. The second-order valence-corrected chi connectivity index (χ2v) is 12.1. The van der Waals surface area contributed by atoms with E-state index in [0.29, 0.717) is 53.3 Å². The number of hydrogen-bond acceptors (Lipinski definition) is 2. The summed E-state index contributed by atoms with van der Waals surface area (Å²) in [4.78, 5) is 0. The maximum atomic E-state index is 10.8. The third kappa shape index (κ3) is 5.10. The topological polar surface area (TPSA) is 40.5 Å². The van der Waals surface area contributed by atoms with E-state index in [0.717, 1.165) is 19.3 Å². The van der Waals surface area contributed by atoms with Gasteiger partial charge < -0.3 is 10.2 Å². The number of hydrogen-bond donors (Lipinski definition) is 2. The molecule has 2 heteroatoms. The van der Waals surface area contributed by atoms with Gasteiger partial charge in [0.2, 0.25) is 0 Å². The summed E-state index contributed by atoms with van der Waals surface area (Å²) in [6, 6.07) is 0. The molecule has 0 aromatic carbocycles. The maximum absolute atomic E-state index is 10.8. The molecule has 9 atom stereocenters. The molecule has 0 spiro atoms. The highest BCUT2D eigenvalue weighted by molar-refractivity contribution is 4.97. The van der Waals surface area contributed by atoms with Crippen molar-refractivity contribution in [1.82, 2.24) is 0 Å². The lowest BCUT2D eigenvalue weighted by Gasteiger charge is -2.52. The lowest BCUT2D eigenvalue weighted by atomic mass is 9.54. The maximum Gasteiger partial charge on any atom is 0.0576 e. The highest BCUT2D eigenvalue weighted by Gasteiger charge is 2.48. The molecule has 2 N–H and O–H groups in total. The Morgan fingerprint density at radius 3 is 1.63 bits per heavy atom. The Hall–Kier alpha value is -0.0800. The fourth-order valence-corrected chi connectivity index (χ4v) is 6.86. The average Bonchev–Trinajstić information content (AvgIpc) is 2.49. The van der Waals surface area contributed by atoms with Crippen LogP contribution in [0, 0.1) is 58.7 Å². The van der Waals surface area contributed by atoms with Crippen LogP contribution >= 0.6 is 0 Å². The molecule has 9 unspecified atom stereocenters. The molecule has 0 amide bonds. The third-order valence-corrected chi connectivity index (χ3v) is 8.44. The van der Waals surface area contributed by atoms with Crippen LogP contribution in [0.3, 0.4) is 0 Å². The Morgan fingerprint density at radius 2 is 1.19 bits per heavy atom. The zero-order chi connectivity index (χ0) is 20.7. The summed E-state index contributed by atoms with van der Waals surface area (Å²) in [5.41, 5.74) is 0.161. The van der Waals surface area contributed by atoms with Crippen molar-refractivity contribution in [3.8, 4) is 0 Å². The summed E-state index contributed by atoms with van der Waals surface area (Å²) in [7, 11) is 0. The van der Waals surface area contributed by atoms with E-state index >= 15 is 0 Å². The number of rotatable bonds is 4. The van der Waals surface area contributed by atoms with Crippen molar-refractivity contribution >= 4 is 0 Å². The Kier molecular flexibility index (Phi) is 7.51. The zero-order valence-corrected chi connectivity index (χ0v) is 19.6. The van der Waals surface area contributed by atoms with Gasteiger partial charge >= 0.3 is 0 Å². The molecule has 2 aliphatic carbocycles. The SMILES string of the molecule is CC(C)C1CC(C(C(C)C)C2CC(C(C)(C)C)C(O)CC2C)C(C)CC1O. The first-order valence-electron chi connectivity index (χ1n) is 11.7. The molecule has 2 rings (SSSR count). The first-order chi connectivity index (χ1) is 12.3. The first kappa shape index (κ1) is 23.2. The zero-order valence-electron chi connectivity index (χ0n) is 19.6. The van der Waals surface area contributed by atoms with E-state index < -0.39 is 0 Å². The molecule has 0 aromatic rings. The molecular weight excluding hydrogens is 332 g/mol. The Labute approximate surface area is 169 Å². The lowest BCUT2D eigenvalue weighted by molar-refractivity contribution is -0.0822. The van der Waals surface area contributed by atoms with E-state index in [1.165, 1.54) is 6.42 Å². The number of aliphatic hydroxyl groups is 2. The fourth-order valence-electron chi connectivity index (χ4n) is 6.86. The van der Waals surface area contributed by atoms with Crippen molar-refractivity contribution in [3.63, 3.8) is 0 Å². The van der Waals surface area contributed by atoms with Crippen LogP contribution < -0.4 is 0 Å². The molecule has 2 saturated carbocycles. The Balaban J connectivity index is 2.29. The van der Waals surface area contributed by atoms with Gasteiger partial charge in [0.05, 0.1) is 12.2 Å². The fraction of sp³-hybridized carbons (Fsp3) is 1.00. The van der Waals surface area contributed by atoms with Crippen LogP contribution in [0.25, 0.3) is 0 Å². The minimum atomic E-state index is -0.155. The van der Waals surface area contributed by atoms with Crippen molar-refractivity contribution < 1.29 is 10.2 Å². The summed E-state index contributed by atoms with van der Waals surface area (Å²) < 4.78 is 0. The van der Waals surface area contributed by atoms with Gasteiger partial charge in [0.1, 0.15) is 0 Å². The van der Waals surface area contributed by atoms with Crippen LogP contribution in [0.4, 0.5) is 0 Å². The monoisotopic (exact) mass is 380 g/mol. The van der Waals surface area contributed by atoms with E-state index in [4.69, 9.17) is 0 Å². The molecule has 0 radical (unpaired) electrons. The Morgan fingerprint density at radius 1 is 0.704 bits per heavy atom. The van der Waals surface area contributed by atoms with Crippen molar-refractivity contribution in [2.75, 3.05) is 0 Å². The predicted octanol–water partition coefficient (Wildman–Crippen LogP) is 6.01. The molecule has 27 heavy (non-hydrogen) atoms. The molecule has 2 aliphatic rings. The number of aliphatic hydroxyl groups excluding tert-OH is 2. The van der Waals surface area contributed by atoms with Gasteiger partial charge in [0.15, 0.2) is 0 Å². The van der Waals surface area contributed by atoms with Crippen LogP contribution in [0.5, 0.6) is 0 Å². The summed E-state index contributed by atoms with van der Waals surface area (Å²) in [5.74, 6) is 5.30. The quantitative estimate of drug-likeness (QED) is 0.627. The molecule has 0 heterocycles. The first-order valence-corrected chi connectivity index (χ1v) is 11.7. The van der Waals surface area contributed by atoms with E-state index in [1.54, 1.807) is 0 Å². The molecule has 0 saturated heterocycles. The largest absolute Gasteiger partial charge is 0.393 e. The standard InChI is InChI=1S/C25H48O2/c1-14(2)18-12-19(16(5)10-22(18)26)24(15(3)4)20-13-21(25(7,8)9)23(27)11-17(20)6/h14-24,26-27H,10-13H2,1-9H3. The smallest absolute Gasteiger partial charge is 0.0576 e. The van der Waals surface area contributed by atoms with E-state index in [1.807, 2.05) is 0 Å². The lowest BCUT2D eigenvalue weighted by Crippen LogP contribution is -2.48. The molecular formula is C25H48O2. The van der Waals surface area contributed by atoms with Gasteiger partial charge in [-0.2, -0.15) is 0 Å². The van der Waals surface area contributed by atoms with Crippen LogP contribution in [0.1, 0.15) is 88.0 Å². The van der Waals surface area contributed by atoms with Gasteiger partial charge in [-0.25, -0.2) is 0 Å². The summed E-state index contributed by atoms with van der Waals surface area (Å²) in [6.07, 6.45) is 3.97. The second-order valence-electron chi connectivity index (χ2n) is 12.1. The minimum Gasteiger partial charge on any atom is -0.393 e. The van der Waals surface area contributed by atoms with Gasteiger partial charge in [-0.3, -0.25) is 0 Å². The Bertz CT molecular complexity index is 463. The molecule has 2 fully saturated rings. The van der Waals surface area contributed by atoms with Crippen molar-refractivity contribution in [2.24, 2.45) is 58.7 Å². The van der Waals surface area contributed by atoms with E-state index in [-0.39, 0.29) is 17.6 Å². The van der Waals surface area contributed by atoms with Gasteiger partial charge in [0.25, 0.3) is 0 Å². The third-order valence-electron chi connectivity index (χ3n) is 8.44. The summed E-state index contributed by atoms with van der Waals surface area (Å²) in [5, 5.41) is 21.5. The van der Waals surface area contributed by atoms with Crippen LogP contribution in [0.15, 0.2) is 0 Å². The van der Waals surface area contributed by atoms with E-state index in [2.05, 4.69) is 62.3 Å². The molecule has 0 aliphatic heterocycles. The van der Waals surface area contributed by atoms with Crippen LogP contribution in [0.2, 0.25) is 0 Å². The summed E-state index contributed by atoms with van der Waals surface area (Å²) in [6.45, 7) is 21.0. The van der Waals surface area contributed by atoms with Crippen LogP contribution in [-0.4, -0.2) is 22.4 Å². The van der Waals surface area contributed by atoms with E-state index in [9.17, 15) is 10.2 Å². The highest BCUT2D eigenvalue weighted by Crippen LogP contribution is 2.52. The molecule has 2 nitrogen and oxygen atoms in total. The molecule has 160 valence electrons. The average molecular weight is 381 g/mol. The normalized spacial score (nSPS) is 42.6. The predicted molar refractivity (Wildman–Crippen MR) is 115 cm³/mol. The molecule has 0 aromatic heterocycles. The van der Waals surface area contributed by atoms with Crippen molar-refractivity contribution in [3.05, 3.63) is 0 Å². The summed E-state index contributed by atoms with van der Waals surface area (Å²) >= 11 is 0. The van der Waals surface area contributed by atoms with Gasteiger partial charge in [-0.15, -0.1) is 0 Å². The minimum absolute atomic E-state index is 0.128.